The number of nitrogens with two attached hydrogens (primary N) is 1. The van der Waals surface area contributed by atoms with Crippen LogP contribution in [0.25, 0.3) is 0 Å². The Hall–Kier alpha value is -1.78. The molecule has 2 nitrogen and oxygen atoms in total. The van der Waals surface area contributed by atoms with Crippen molar-refractivity contribution in [2.45, 2.75) is 33.2 Å². The molecule has 1 unspecified atom stereocenters. The Morgan fingerprint density at radius 1 is 0.952 bits per heavy atom. The monoisotopic (exact) mass is 290 g/mol. The van der Waals surface area contributed by atoms with Crippen molar-refractivity contribution in [1.29, 1.82) is 0 Å². The van der Waals surface area contributed by atoms with Gasteiger partial charge in [-0.15, -0.1) is 0 Å². The number of benzene rings is 2. The number of aryl methyl sites for hydroxylation is 3. The zero-order chi connectivity index (χ0) is 15.6. The van der Waals surface area contributed by atoms with E-state index < -0.39 is 11.6 Å². The summed E-state index contributed by atoms with van der Waals surface area (Å²) in [6.07, 6.45) is 0.497. The molecule has 0 aliphatic heterocycles. The molecule has 2 rings (SSSR count). The van der Waals surface area contributed by atoms with E-state index in [-0.39, 0.29) is 6.04 Å². The van der Waals surface area contributed by atoms with Crippen LogP contribution in [0.1, 0.15) is 33.9 Å². The van der Waals surface area contributed by atoms with Crippen LogP contribution in [-0.2, 0) is 6.42 Å². The minimum atomic E-state index is -0.835. The number of halogens is 2. The van der Waals surface area contributed by atoms with Gasteiger partial charge >= 0.3 is 0 Å². The normalized spacial score (nSPS) is 12.5. The van der Waals surface area contributed by atoms with E-state index in [0.717, 1.165) is 17.2 Å². The Bertz CT molecular complexity index is 653. The van der Waals surface area contributed by atoms with Crippen LogP contribution < -0.4 is 11.3 Å². The predicted molar refractivity (Wildman–Crippen MR) is 80.8 cm³/mol. The Morgan fingerprint density at radius 3 is 2.24 bits per heavy atom. The Labute approximate surface area is 124 Å². The molecule has 1 atom stereocenters. The lowest BCUT2D eigenvalue weighted by Gasteiger charge is -2.20. The quantitative estimate of drug-likeness (QED) is 0.666. The topological polar surface area (TPSA) is 38.0 Å². The molecule has 0 aliphatic carbocycles. The smallest absolute Gasteiger partial charge is 0.159 e. The molecular weight excluding hydrogens is 270 g/mol. The largest absolute Gasteiger partial charge is 0.271 e. The molecule has 0 saturated heterocycles. The van der Waals surface area contributed by atoms with Crippen LogP contribution in [0.15, 0.2) is 30.3 Å². The third-order valence-corrected chi connectivity index (χ3v) is 3.88. The van der Waals surface area contributed by atoms with Gasteiger partial charge in [-0.1, -0.05) is 18.2 Å². The van der Waals surface area contributed by atoms with Crippen molar-refractivity contribution in [2.75, 3.05) is 0 Å². The minimum absolute atomic E-state index is 0.144. The first-order valence-electron chi connectivity index (χ1n) is 6.90. The van der Waals surface area contributed by atoms with Gasteiger partial charge in [-0.25, -0.2) is 8.78 Å². The molecule has 21 heavy (non-hydrogen) atoms. The Morgan fingerprint density at radius 2 is 1.62 bits per heavy atom. The molecule has 0 radical (unpaired) electrons. The molecule has 0 bridgehead atoms. The molecule has 0 amide bonds. The minimum Gasteiger partial charge on any atom is -0.271 e. The van der Waals surface area contributed by atoms with Crippen molar-refractivity contribution in [3.63, 3.8) is 0 Å². The number of rotatable bonds is 4. The van der Waals surface area contributed by atoms with Crippen LogP contribution in [0.5, 0.6) is 0 Å². The van der Waals surface area contributed by atoms with Gasteiger partial charge in [0.2, 0.25) is 0 Å². The molecule has 0 fully saturated rings. The van der Waals surface area contributed by atoms with Gasteiger partial charge in [0, 0.05) is 0 Å². The number of hydrogen-bond acceptors (Lipinski definition) is 2. The van der Waals surface area contributed by atoms with Crippen molar-refractivity contribution in [2.24, 2.45) is 5.84 Å². The lowest BCUT2D eigenvalue weighted by atomic mass is 9.92. The molecule has 0 saturated carbocycles. The Balaban J connectivity index is 2.31. The number of nitrogens with one attached hydrogen (secondary N) is 1. The summed E-state index contributed by atoms with van der Waals surface area (Å²) in [6, 6.07) is 8.00. The summed E-state index contributed by atoms with van der Waals surface area (Å²) < 4.78 is 26.3. The summed E-state index contributed by atoms with van der Waals surface area (Å²) >= 11 is 0. The van der Waals surface area contributed by atoms with E-state index in [1.54, 1.807) is 6.07 Å². The third-order valence-electron chi connectivity index (χ3n) is 3.88. The molecule has 3 N–H and O–H groups in total. The first-order valence-corrected chi connectivity index (χ1v) is 6.90. The molecule has 112 valence electrons. The van der Waals surface area contributed by atoms with Gasteiger partial charge in [0.15, 0.2) is 11.6 Å². The van der Waals surface area contributed by atoms with Crippen LogP contribution in [-0.4, -0.2) is 0 Å². The standard InChI is InChI=1S/C17H20F2N2/c1-10-6-12(3)14(7-11(10)2)17(21-20)9-13-4-5-15(18)16(19)8-13/h4-8,17,21H,9,20H2,1-3H3. The average molecular weight is 290 g/mol. The fourth-order valence-corrected chi connectivity index (χ4v) is 2.52. The SMILES string of the molecule is Cc1cc(C)c(C(Cc2ccc(F)c(F)c2)NN)cc1C. The molecular formula is C17H20F2N2. The van der Waals surface area contributed by atoms with E-state index in [2.05, 4.69) is 24.5 Å². The van der Waals surface area contributed by atoms with E-state index in [1.165, 1.54) is 17.2 Å². The lowest BCUT2D eigenvalue weighted by molar-refractivity contribution is 0.502. The highest BCUT2D eigenvalue weighted by molar-refractivity contribution is 5.39. The highest BCUT2D eigenvalue weighted by atomic mass is 19.2. The van der Waals surface area contributed by atoms with Crippen LogP contribution >= 0.6 is 0 Å². The van der Waals surface area contributed by atoms with E-state index in [4.69, 9.17) is 5.84 Å². The second-order valence-electron chi connectivity index (χ2n) is 5.46. The highest BCUT2D eigenvalue weighted by Gasteiger charge is 2.15. The number of hydrazine groups is 1. The van der Waals surface area contributed by atoms with Gasteiger partial charge in [0.1, 0.15) is 0 Å². The first kappa shape index (κ1) is 15.6. The van der Waals surface area contributed by atoms with E-state index in [9.17, 15) is 8.78 Å². The lowest BCUT2D eigenvalue weighted by Crippen LogP contribution is -2.30. The van der Waals surface area contributed by atoms with E-state index >= 15 is 0 Å². The third kappa shape index (κ3) is 3.46. The zero-order valence-corrected chi connectivity index (χ0v) is 12.5. The molecule has 2 aromatic carbocycles. The molecule has 0 spiro atoms. The van der Waals surface area contributed by atoms with E-state index in [1.807, 2.05) is 13.8 Å². The van der Waals surface area contributed by atoms with Gasteiger partial charge in [0.25, 0.3) is 0 Å². The average Bonchev–Trinajstić information content (AvgIpc) is 2.44. The highest BCUT2D eigenvalue weighted by Crippen LogP contribution is 2.25. The van der Waals surface area contributed by atoms with Crippen molar-refractivity contribution in [3.05, 3.63) is 69.8 Å². The van der Waals surface area contributed by atoms with Crippen LogP contribution in [0.3, 0.4) is 0 Å². The summed E-state index contributed by atoms with van der Waals surface area (Å²) in [4.78, 5) is 0. The molecule has 4 heteroatoms. The van der Waals surface area contributed by atoms with Crippen molar-refractivity contribution in [3.8, 4) is 0 Å². The summed E-state index contributed by atoms with van der Waals surface area (Å²) in [5, 5.41) is 0. The maximum Gasteiger partial charge on any atom is 0.159 e. The fraction of sp³-hybridized carbons (Fsp3) is 0.294. The van der Waals surface area contributed by atoms with E-state index in [0.29, 0.717) is 12.0 Å². The molecule has 0 heterocycles. The van der Waals surface area contributed by atoms with Crippen molar-refractivity contribution < 1.29 is 8.78 Å². The maximum absolute atomic E-state index is 13.3. The second kappa shape index (κ2) is 6.33. The summed E-state index contributed by atoms with van der Waals surface area (Å²) in [7, 11) is 0. The van der Waals surface area contributed by atoms with Crippen LogP contribution in [0.4, 0.5) is 8.78 Å². The van der Waals surface area contributed by atoms with Gasteiger partial charge in [-0.2, -0.15) is 0 Å². The summed E-state index contributed by atoms with van der Waals surface area (Å²) in [5.41, 5.74) is 8.08. The van der Waals surface area contributed by atoms with Gasteiger partial charge in [-0.05, 0) is 67.1 Å². The summed E-state index contributed by atoms with van der Waals surface area (Å²) in [5.74, 6) is 3.99. The molecule has 0 aliphatic rings. The molecule has 2 aromatic rings. The maximum atomic E-state index is 13.3. The van der Waals surface area contributed by atoms with Crippen LogP contribution in [0, 0.1) is 32.4 Å². The van der Waals surface area contributed by atoms with Crippen LogP contribution in [0.2, 0.25) is 0 Å². The Kier molecular flexibility index (Phi) is 4.70. The molecule has 0 aromatic heterocycles. The number of hydrogen-bond donors (Lipinski definition) is 2. The summed E-state index contributed by atoms with van der Waals surface area (Å²) in [6.45, 7) is 6.13. The van der Waals surface area contributed by atoms with Gasteiger partial charge in [0.05, 0.1) is 6.04 Å². The van der Waals surface area contributed by atoms with Crippen molar-refractivity contribution >= 4 is 0 Å². The predicted octanol–water partition coefficient (Wildman–Crippen LogP) is 3.64. The van der Waals surface area contributed by atoms with Gasteiger partial charge < -0.3 is 0 Å². The zero-order valence-electron chi connectivity index (χ0n) is 12.5. The van der Waals surface area contributed by atoms with Gasteiger partial charge in [-0.3, -0.25) is 11.3 Å². The second-order valence-corrected chi connectivity index (χ2v) is 5.46. The van der Waals surface area contributed by atoms with Crippen molar-refractivity contribution in [1.82, 2.24) is 5.43 Å². The first-order chi connectivity index (χ1) is 9.92. The fourth-order valence-electron chi connectivity index (χ4n) is 2.52.